The third-order valence-corrected chi connectivity index (χ3v) is 9.60. The van der Waals surface area contributed by atoms with Crippen LogP contribution in [0.25, 0.3) is 32.2 Å². The summed E-state index contributed by atoms with van der Waals surface area (Å²) in [4.78, 5) is 44.1. The summed E-state index contributed by atoms with van der Waals surface area (Å²) in [6, 6.07) is 47.2. The highest BCUT2D eigenvalue weighted by molar-refractivity contribution is 7.16. The van der Waals surface area contributed by atoms with E-state index < -0.39 is 0 Å². The number of pyridine rings is 2. The molecule has 0 unspecified atom stereocenters. The Morgan fingerprint density at radius 3 is 1.48 bits per heavy atom. The number of nitrogens with zero attached hydrogens (tertiary/aromatic N) is 10. The molecule has 17 heteroatoms. The number of thiazole rings is 2. The number of rotatable bonds is 0. The Labute approximate surface area is 423 Å². The Morgan fingerprint density at radius 2 is 1.04 bits per heavy atom. The monoisotopic (exact) mass is 994 g/mol. The second-order valence-electron chi connectivity index (χ2n) is 12.6. The summed E-state index contributed by atoms with van der Waals surface area (Å²) in [7, 11) is 0. The van der Waals surface area contributed by atoms with Crippen LogP contribution in [0.1, 0.15) is 0 Å². The predicted octanol–water partition coefficient (Wildman–Crippen LogP) is 14.0. The molecule has 11 aromatic heterocycles. The molecule has 14 aromatic rings. The molecule has 0 saturated carbocycles. The molecule has 0 aliphatic carbocycles. The molecule has 14 rings (SSSR count). The Morgan fingerprint density at radius 1 is 0.380 bits per heavy atom. The minimum atomic E-state index is 1.03. The van der Waals surface area contributed by atoms with Gasteiger partial charge < -0.3 is 18.8 Å². The molecule has 11 heterocycles. The zero-order valence-electron chi connectivity index (χ0n) is 38.2. The van der Waals surface area contributed by atoms with Gasteiger partial charge >= 0.3 is 0 Å². The van der Waals surface area contributed by atoms with Crippen LogP contribution >= 0.6 is 34.0 Å². The van der Waals surface area contributed by atoms with Crippen molar-refractivity contribution >= 4 is 66.2 Å². The van der Waals surface area contributed by atoms with E-state index in [0.717, 1.165) is 22.1 Å². The molecule has 0 saturated heterocycles. The van der Waals surface area contributed by atoms with Crippen LogP contribution < -0.4 is 0 Å². The van der Waals surface area contributed by atoms with Gasteiger partial charge in [-0.1, -0.05) is 66.7 Å². The first-order valence-electron chi connectivity index (χ1n) is 21.3. The first-order valence-corrected chi connectivity index (χ1v) is 24.0. The number of aromatic nitrogens is 12. The van der Waals surface area contributed by atoms with Gasteiger partial charge in [0.05, 0.1) is 62.8 Å². The van der Waals surface area contributed by atoms with Crippen molar-refractivity contribution in [1.82, 2.24) is 59.8 Å². The average molecular weight is 995 g/mol. The molecule has 0 bridgehead atoms. The van der Waals surface area contributed by atoms with Crippen LogP contribution in [0.5, 0.6) is 0 Å². The number of oxazole rings is 1. The van der Waals surface area contributed by atoms with Crippen molar-refractivity contribution in [1.29, 1.82) is 0 Å². The molecule has 0 radical (unpaired) electrons. The Balaban J connectivity index is 0.000000171. The van der Waals surface area contributed by atoms with Crippen LogP contribution in [-0.4, -0.2) is 59.8 Å². The highest BCUT2D eigenvalue weighted by atomic mass is 32.1. The number of imidazole rings is 1. The van der Waals surface area contributed by atoms with Gasteiger partial charge in [-0.05, 0) is 89.6 Å². The van der Waals surface area contributed by atoms with Crippen molar-refractivity contribution < 1.29 is 8.83 Å². The first kappa shape index (κ1) is 54.4. The van der Waals surface area contributed by atoms with Gasteiger partial charge in [0, 0.05) is 85.1 Å². The summed E-state index contributed by atoms with van der Waals surface area (Å²) in [5.74, 6) is 0. The number of furan rings is 1. The van der Waals surface area contributed by atoms with E-state index in [1.165, 1.54) is 29.1 Å². The summed E-state index contributed by atoms with van der Waals surface area (Å²) in [6.07, 6.45) is 31.7. The van der Waals surface area contributed by atoms with Crippen LogP contribution in [-0.2, 0) is 0 Å². The maximum absolute atomic E-state index is 4.58. The van der Waals surface area contributed by atoms with E-state index in [1.807, 2.05) is 162 Å². The van der Waals surface area contributed by atoms with Crippen molar-refractivity contribution in [3.8, 4) is 0 Å². The number of hydrogen-bond acceptors (Lipinski definition) is 15. The van der Waals surface area contributed by atoms with E-state index in [2.05, 4.69) is 86.8 Å². The molecular formula is C54H50N12O2S3. The fourth-order valence-electron chi connectivity index (χ4n) is 4.60. The molecule has 3 aromatic carbocycles. The number of para-hydroxylation sites is 4. The normalized spacial score (nSPS) is 8.85. The van der Waals surface area contributed by atoms with E-state index in [-0.39, 0.29) is 0 Å². The molecule has 0 spiro atoms. The van der Waals surface area contributed by atoms with Crippen LogP contribution in [0.4, 0.5) is 0 Å². The molecule has 14 nitrogen and oxygen atoms in total. The molecule has 0 amide bonds. The zero-order valence-corrected chi connectivity index (χ0v) is 40.7. The molecule has 71 heavy (non-hydrogen) atoms. The van der Waals surface area contributed by atoms with E-state index in [4.69, 9.17) is 0 Å². The van der Waals surface area contributed by atoms with Gasteiger partial charge in [-0.2, -0.15) is 11.3 Å². The predicted molar refractivity (Wildman–Crippen MR) is 288 cm³/mol. The lowest BCUT2D eigenvalue weighted by molar-refractivity contribution is 0.558. The lowest BCUT2D eigenvalue weighted by Crippen LogP contribution is -1.73. The lowest BCUT2D eigenvalue weighted by Gasteiger charge is -1.91. The van der Waals surface area contributed by atoms with Gasteiger partial charge in [0.25, 0.3) is 0 Å². The Kier molecular flexibility index (Phi) is 30.6. The molecule has 2 N–H and O–H groups in total. The van der Waals surface area contributed by atoms with Gasteiger partial charge in [0.1, 0.15) is 12.6 Å². The fourth-order valence-corrected chi connectivity index (χ4v) is 6.08. The molecule has 0 atom stereocenters. The van der Waals surface area contributed by atoms with Crippen molar-refractivity contribution in [3.63, 3.8) is 0 Å². The number of benzene rings is 3. The van der Waals surface area contributed by atoms with E-state index in [9.17, 15) is 0 Å². The van der Waals surface area contributed by atoms with Crippen molar-refractivity contribution in [2.75, 3.05) is 0 Å². The SMILES string of the molecule is c1cc[nH]c1.c1ccc2[nH]cnc2c1.c1ccc2ncccc2c1.c1ccc2scnc2c1.c1ccncc1.c1ccoc1.c1ccsc1.c1cnccn1.c1cncnc1.c1cocn1.c1cscn1. The van der Waals surface area contributed by atoms with Crippen molar-refractivity contribution in [2.45, 2.75) is 0 Å². The zero-order chi connectivity index (χ0) is 49.4. The lowest BCUT2D eigenvalue weighted by atomic mass is 10.2. The maximum atomic E-state index is 4.58. The number of aromatic amines is 2. The Hall–Kier alpha value is -9.16. The third kappa shape index (κ3) is 28.6. The average Bonchev–Trinajstić information content (AvgIpc) is 4.32. The number of H-pyrrole nitrogens is 2. The highest BCUT2D eigenvalue weighted by Crippen LogP contribution is 2.15. The Bertz CT molecular complexity index is 2530. The minimum Gasteiger partial charge on any atom is -0.473 e. The maximum Gasteiger partial charge on any atom is 0.180 e. The van der Waals surface area contributed by atoms with Gasteiger partial charge in [0.15, 0.2) is 6.39 Å². The molecular weight excluding hydrogens is 945 g/mol. The topological polar surface area (TPSA) is 187 Å². The van der Waals surface area contributed by atoms with E-state index in [0.29, 0.717) is 0 Å². The van der Waals surface area contributed by atoms with Crippen LogP contribution in [0.2, 0.25) is 0 Å². The van der Waals surface area contributed by atoms with Gasteiger partial charge in [-0.15, -0.1) is 22.7 Å². The number of nitrogens with one attached hydrogen (secondary N) is 2. The first-order chi connectivity index (χ1) is 35.4. The van der Waals surface area contributed by atoms with Crippen LogP contribution in [0.15, 0.2) is 300 Å². The quantitative estimate of drug-likeness (QED) is 0.147. The molecule has 0 aliphatic heterocycles. The van der Waals surface area contributed by atoms with Gasteiger partial charge in [-0.3, -0.25) is 24.9 Å². The second kappa shape index (κ2) is 40.0. The standard InChI is InChI=1S/C9H7N.C7H6N2.C7H5NS.C5H5N.2C4H4N2.C4H5N.C4H4O.C4H4S.C3H3NO.C3H3NS/c1-2-6-9-8(4-1)5-3-7-10-9;2*1-2-4-7-6(3-1)8-5-9-7;1-2-4-6-5-3-1;1-2-6-4-3-5-1;1-2-5-4-6-3-1;3*1-2-4-5-3-1;2*1-2-5-3-4-1/h1-7H;1-5H,(H,8,9);1-5H;1-5H;2*1-4H;1-5H;2*1-4H;2*1-3H. The summed E-state index contributed by atoms with van der Waals surface area (Å²) in [6.45, 7) is 0. The summed E-state index contributed by atoms with van der Waals surface area (Å²) >= 11 is 4.99. The van der Waals surface area contributed by atoms with Gasteiger partial charge in [-0.25, -0.2) is 24.9 Å². The van der Waals surface area contributed by atoms with Crippen LogP contribution in [0, 0.1) is 0 Å². The minimum absolute atomic E-state index is 1.03. The molecule has 0 aliphatic rings. The second-order valence-corrected chi connectivity index (χ2v) is 15.0. The van der Waals surface area contributed by atoms with E-state index in [1.54, 1.807) is 126 Å². The molecule has 0 fully saturated rings. The number of hydrogen-bond donors (Lipinski definition) is 2. The summed E-state index contributed by atoms with van der Waals surface area (Å²) in [5, 5.41) is 7.21. The molecule has 356 valence electrons. The summed E-state index contributed by atoms with van der Waals surface area (Å²) < 4.78 is 10.3. The number of thiophene rings is 1. The number of fused-ring (bicyclic) bond motifs is 3. The summed E-state index contributed by atoms with van der Waals surface area (Å²) in [5.41, 5.74) is 7.94. The van der Waals surface area contributed by atoms with Crippen molar-refractivity contribution in [3.05, 3.63) is 291 Å². The highest BCUT2D eigenvalue weighted by Gasteiger charge is 1.90. The van der Waals surface area contributed by atoms with Crippen molar-refractivity contribution in [2.24, 2.45) is 0 Å². The smallest absolute Gasteiger partial charge is 0.180 e. The largest absolute Gasteiger partial charge is 0.473 e. The van der Waals surface area contributed by atoms with Crippen LogP contribution in [0.3, 0.4) is 0 Å². The van der Waals surface area contributed by atoms with Gasteiger partial charge in [0.2, 0.25) is 0 Å². The third-order valence-electron chi connectivity index (χ3n) is 7.64. The van der Waals surface area contributed by atoms with E-state index >= 15 is 0 Å². The fraction of sp³-hybridized carbons (Fsp3) is 0.